The van der Waals surface area contributed by atoms with Crippen molar-refractivity contribution in [1.29, 1.82) is 0 Å². The van der Waals surface area contributed by atoms with Crippen molar-refractivity contribution in [2.75, 3.05) is 21.3 Å². The lowest BCUT2D eigenvalue weighted by molar-refractivity contribution is 0.103. The number of rotatable bonds is 6. The highest BCUT2D eigenvalue weighted by Gasteiger charge is 2.20. The molecule has 29 heavy (non-hydrogen) atoms. The van der Waals surface area contributed by atoms with Gasteiger partial charge in [-0.1, -0.05) is 0 Å². The Balaban J connectivity index is 1.72. The number of aromatic amines is 2. The van der Waals surface area contributed by atoms with E-state index in [4.69, 9.17) is 14.2 Å². The van der Waals surface area contributed by atoms with Crippen LogP contribution in [-0.4, -0.2) is 42.1 Å². The maximum atomic E-state index is 13.4. The normalized spacial score (nSPS) is 10.9. The third-order valence-electron chi connectivity index (χ3n) is 4.65. The van der Waals surface area contributed by atoms with Crippen LogP contribution in [0.4, 0.5) is 4.39 Å². The van der Waals surface area contributed by atoms with Crippen molar-refractivity contribution in [2.45, 2.75) is 0 Å². The fraction of sp³-hybridized carbons (Fsp3) is 0.143. The number of hydrogen-bond acceptors (Lipinski definition) is 5. The zero-order chi connectivity index (χ0) is 20.5. The Bertz CT molecular complexity index is 1190. The smallest absolute Gasteiger partial charge is 0.211 e. The fourth-order valence-electron chi connectivity index (χ4n) is 3.24. The summed E-state index contributed by atoms with van der Waals surface area (Å²) in [6, 6.07) is 7.62. The lowest BCUT2D eigenvalue weighted by Crippen LogP contribution is -2.04. The van der Waals surface area contributed by atoms with E-state index in [2.05, 4.69) is 15.0 Å². The Morgan fingerprint density at radius 3 is 2.41 bits per heavy atom. The Labute approximate surface area is 165 Å². The summed E-state index contributed by atoms with van der Waals surface area (Å²) in [5.41, 5.74) is 2.04. The molecule has 0 aliphatic carbocycles. The number of methoxy groups -OCH3 is 3. The highest BCUT2D eigenvalue weighted by atomic mass is 19.1. The van der Waals surface area contributed by atoms with Gasteiger partial charge in [-0.2, -0.15) is 0 Å². The summed E-state index contributed by atoms with van der Waals surface area (Å²) < 4.78 is 29.3. The lowest BCUT2D eigenvalue weighted by atomic mass is 10.1. The highest BCUT2D eigenvalue weighted by Crippen LogP contribution is 2.38. The van der Waals surface area contributed by atoms with E-state index in [0.29, 0.717) is 39.8 Å². The summed E-state index contributed by atoms with van der Waals surface area (Å²) in [5.74, 6) is 1.06. The predicted molar refractivity (Wildman–Crippen MR) is 105 cm³/mol. The SMILES string of the molecule is COc1cc(C(=O)c2cnc(-c3c[nH]c4cc(F)ccc34)[nH]2)cc(OC)c1OC. The molecule has 0 bridgehead atoms. The van der Waals surface area contributed by atoms with E-state index < -0.39 is 0 Å². The summed E-state index contributed by atoms with van der Waals surface area (Å²) in [6.07, 6.45) is 3.18. The first-order chi connectivity index (χ1) is 14.0. The van der Waals surface area contributed by atoms with Crippen molar-refractivity contribution >= 4 is 16.7 Å². The average Bonchev–Trinajstić information content (AvgIpc) is 3.38. The van der Waals surface area contributed by atoms with Gasteiger partial charge in [0.2, 0.25) is 11.5 Å². The molecule has 148 valence electrons. The number of halogens is 1. The number of aromatic nitrogens is 3. The van der Waals surface area contributed by atoms with Crippen LogP contribution < -0.4 is 14.2 Å². The molecule has 2 N–H and O–H groups in total. The second-order valence-electron chi connectivity index (χ2n) is 6.28. The number of carbonyl (C=O) groups excluding carboxylic acids is 1. The molecule has 0 saturated carbocycles. The molecule has 0 radical (unpaired) electrons. The number of carbonyl (C=O) groups is 1. The van der Waals surface area contributed by atoms with Crippen LogP contribution in [0.2, 0.25) is 0 Å². The van der Waals surface area contributed by atoms with Gasteiger partial charge in [-0.05, 0) is 30.3 Å². The molecular formula is C21H18FN3O4. The topological polar surface area (TPSA) is 89.2 Å². The summed E-state index contributed by atoms with van der Waals surface area (Å²) >= 11 is 0. The van der Waals surface area contributed by atoms with Crippen molar-refractivity contribution in [1.82, 2.24) is 15.0 Å². The first-order valence-electron chi connectivity index (χ1n) is 8.72. The van der Waals surface area contributed by atoms with Crippen LogP contribution in [0.25, 0.3) is 22.3 Å². The van der Waals surface area contributed by atoms with Gasteiger partial charge >= 0.3 is 0 Å². The Morgan fingerprint density at radius 2 is 1.76 bits per heavy atom. The van der Waals surface area contributed by atoms with E-state index in [0.717, 1.165) is 10.9 Å². The molecule has 7 nitrogen and oxygen atoms in total. The van der Waals surface area contributed by atoms with E-state index in [1.165, 1.54) is 39.7 Å². The van der Waals surface area contributed by atoms with Crippen molar-refractivity contribution in [3.05, 3.63) is 59.8 Å². The van der Waals surface area contributed by atoms with Crippen LogP contribution >= 0.6 is 0 Å². The van der Waals surface area contributed by atoms with Gasteiger partial charge < -0.3 is 24.2 Å². The molecule has 2 aromatic heterocycles. The van der Waals surface area contributed by atoms with Crippen molar-refractivity contribution in [3.63, 3.8) is 0 Å². The van der Waals surface area contributed by atoms with Gasteiger partial charge in [-0.3, -0.25) is 4.79 Å². The maximum absolute atomic E-state index is 13.4. The summed E-state index contributed by atoms with van der Waals surface area (Å²) in [4.78, 5) is 23.4. The minimum absolute atomic E-state index is 0.283. The summed E-state index contributed by atoms with van der Waals surface area (Å²) in [5, 5.41) is 0.799. The van der Waals surface area contributed by atoms with Gasteiger partial charge in [0.05, 0.1) is 27.5 Å². The van der Waals surface area contributed by atoms with E-state index in [1.807, 2.05) is 0 Å². The third kappa shape index (κ3) is 3.18. The average molecular weight is 395 g/mol. The van der Waals surface area contributed by atoms with Crippen molar-refractivity contribution < 1.29 is 23.4 Å². The van der Waals surface area contributed by atoms with Crippen LogP contribution in [0.1, 0.15) is 16.1 Å². The minimum atomic E-state index is -0.330. The van der Waals surface area contributed by atoms with Gasteiger partial charge in [0, 0.05) is 28.2 Å². The number of H-pyrrole nitrogens is 2. The molecule has 0 saturated heterocycles. The molecule has 0 spiro atoms. The van der Waals surface area contributed by atoms with E-state index >= 15 is 0 Å². The largest absolute Gasteiger partial charge is 0.493 e. The molecule has 8 heteroatoms. The number of imidazole rings is 1. The molecule has 0 fully saturated rings. The summed E-state index contributed by atoms with van der Waals surface area (Å²) in [6.45, 7) is 0. The molecule has 2 heterocycles. The number of hydrogen-bond donors (Lipinski definition) is 2. The third-order valence-corrected chi connectivity index (χ3v) is 4.65. The number of nitrogens with one attached hydrogen (secondary N) is 2. The monoisotopic (exact) mass is 395 g/mol. The molecule has 0 atom stereocenters. The first kappa shape index (κ1) is 18.5. The Morgan fingerprint density at radius 1 is 1.03 bits per heavy atom. The minimum Gasteiger partial charge on any atom is -0.493 e. The maximum Gasteiger partial charge on any atom is 0.211 e. The number of ketones is 1. The fourth-order valence-corrected chi connectivity index (χ4v) is 3.24. The Hall–Kier alpha value is -3.81. The van der Waals surface area contributed by atoms with Crippen LogP contribution in [0, 0.1) is 5.82 Å². The molecule has 4 aromatic rings. The molecule has 0 aliphatic rings. The van der Waals surface area contributed by atoms with Crippen molar-refractivity contribution in [2.24, 2.45) is 0 Å². The van der Waals surface area contributed by atoms with Gasteiger partial charge in [0.25, 0.3) is 0 Å². The van der Waals surface area contributed by atoms with E-state index in [1.54, 1.807) is 24.4 Å². The molecule has 4 rings (SSSR count). The first-order valence-corrected chi connectivity index (χ1v) is 8.72. The zero-order valence-electron chi connectivity index (χ0n) is 16.0. The standard InChI is InChI=1S/C21H18FN3O4/c1-27-17-6-11(7-18(28-2)20(17)29-3)19(26)16-10-24-21(25-16)14-9-23-15-8-12(22)4-5-13(14)15/h4-10,23H,1-3H3,(H,24,25). The van der Waals surface area contributed by atoms with Crippen molar-refractivity contribution in [3.8, 4) is 28.6 Å². The number of nitrogens with zero attached hydrogens (tertiary/aromatic N) is 1. The van der Waals surface area contributed by atoms with Crippen LogP contribution in [-0.2, 0) is 0 Å². The number of fused-ring (bicyclic) bond motifs is 1. The lowest BCUT2D eigenvalue weighted by Gasteiger charge is -2.13. The van der Waals surface area contributed by atoms with Crippen LogP contribution in [0.15, 0.2) is 42.7 Å². The molecular weight excluding hydrogens is 377 g/mol. The van der Waals surface area contributed by atoms with Gasteiger partial charge in [-0.25, -0.2) is 9.37 Å². The molecule has 0 aliphatic heterocycles. The van der Waals surface area contributed by atoms with Crippen LogP contribution in [0.5, 0.6) is 17.2 Å². The van der Waals surface area contributed by atoms with Gasteiger partial charge in [-0.15, -0.1) is 0 Å². The van der Waals surface area contributed by atoms with E-state index in [9.17, 15) is 9.18 Å². The highest BCUT2D eigenvalue weighted by molar-refractivity contribution is 6.09. The number of benzene rings is 2. The zero-order valence-corrected chi connectivity index (χ0v) is 16.0. The molecule has 0 unspecified atom stereocenters. The quantitative estimate of drug-likeness (QED) is 0.483. The summed E-state index contributed by atoms with van der Waals surface area (Å²) in [7, 11) is 4.47. The van der Waals surface area contributed by atoms with Crippen LogP contribution in [0.3, 0.4) is 0 Å². The van der Waals surface area contributed by atoms with E-state index in [-0.39, 0.29) is 11.6 Å². The second kappa shape index (κ2) is 7.31. The predicted octanol–water partition coefficient (Wildman–Crippen LogP) is 3.95. The number of ether oxygens (including phenoxy) is 3. The Kier molecular flexibility index (Phi) is 4.67. The molecule has 2 aromatic carbocycles. The second-order valence-corrected chi connectivity index (χ2v) is 6.28. The molecule has 0 amide bonds. The van der Waals surface area contributed by atoms with Gasteiger partial charge in [0.1, 0.15) is 17.3 Å². The van der Waals surface area contributed by atoms with Gasteiger partial charge in [0.15, 0.2) is 11.5 Å².